The van der Waals surface area contributed by atoms with E-state index < -0.39 is 35.7 Å². The number of methoxy groups -OCH3 is 1. The highest BCUT2D eigenvalue weighted by Crippen LogP contribution is 2.30. The van der Waals surface area contributed by atoms with Gasteiger partial charge in [0.2, 0.25) is 11.8 Å². The first-order valence-corrected chi connectivity index (χ1v) is 10.3. The van der Waals surface area contributed by atoms with Crippen molar-refractivity contribution in [2.45, 2.75) is 25.4 Å². The molecule has 0 aromatic heterocycles. The second-order valence-electron chi connectivity index (χ2n) is 7.80. The number of benzene rings is 2. The third-order valence-electron chi connectivity index (χ3n) is 5.65. The lowest BCUT2D eigenvalue weighted by atomic mass is 10.0. The fraction of sp³-hybridized carbons (Fsp3) is 0.261. The number of ether oxygens (including phenoxy) is 1. The molecule has 2 aliphatic rings. The first-order chi connectivity index (χ1) is 15.8. The molecule has 0 saturated carbocycles. The summed E-state index contributed by atoms with van der Waals surface area (Å²) in [7, 11) is 3.12. The maximum Gasteiger partial charge on any atom is 0.321 e. The predicted octanol–water partition coefficient (Wildman–Crippen LogP) is 1.76. The number of imide groups is 2. The maximum atomic E-state index is 13.2. The fourth-order valence-electron chi connectivity index (χ4n) is 3.94. The molecule has 1 saturated heterocycles. The number of amides is 6. The van der Waals surface area contributed by atoms with E-state index in [4.69, 9.17) is 4.74 Å². The van der Waals surface area contributed by atoms with Crippen LogP contribution in [0.15, 0.2) is 42.5 Å². The van der Waals surface area contributed by atoms with Crippen LogP contribution in [-0.4, -0.2) is 59.7 Å². The van der Waals surface area contributed by atoms with Crippen LogP contribution < -0.4 is 15.4 Å². The van der Waals surface area contributed by atoms with Gasteiger partial charge in [-0.2, -0.15) is 0 Å². The zero-order valence-corrected chi connectivity index (χ0v) is 18.1. The molecule has 4 rings (SSSR count). The summed E-state index contributed by atoms with van der Waals surface area (Å²) in [4.78, 5) is 64.7. The van der Waals surface area contributed by atoms with Crippen LogP contribution in [0.3, 0.4) is 0 Å². The Balaban J connectivity index is 1.52. The summed E-state index contributed by atoms with van der Waals surface area (Å²) in [5.41, 5.74) is 1.39. The number of piperidine rings is 1. The largest absolute Gasteiger partial charge is 0.497 e. The molecule has 0 aliphatic carbocycles. The van der Waals surface area contributed by atoms with Gasteiger partial charge in [0, 0.05) is 25.7 Å². The van der Waals surface area contributed by atoms with Gasteiger partial charge in [-0.25, -0.2) is 4.79 Å². The monoisotopic (exact) mass is 450 g/mol. The number of rotatable bonds is 5. The zero-order valence-electron chi connectivity index (χ0n) is 18.1. The van der Waals surface area contributed by atoms with E-state index in [9.17, 15) is 24.0 Å². The van der Waals surface area contributed by atoms with Gasteiger partial charge >= 0.3 is 6.03 Å². The highest BCUT2D eigenvalue weighted by Gasteiger charge is 2.45. The number of fused-ring (bicyclic) bond motifs is 1. The Morgan fingerprint density at radius 1 is 1.12 bits per heavy atom. The topological polar surface area (TPSA) is 125 Å². The number of anilines is 1. The van der Waals surface area contributed by atoms with Crippen LogP contribution in [0.4, 0.5) is 10.5 Å². The van der Waals surface area contributed by atoms with E-state index in [0.717, 1.165) is 4.90 Å². The summed E-state index contributed by atoms with van der Waals surface area (Å²) < 4.78 is 5.10. The minimum absolute atomic E-state index is 0.0466. The molecule has 33 heavy (non-hydrogen) atoms. The first-order valence-electron chi connectivity index (χ1n) is 10.3. The van der Waals surface area contributed by atoms with Crippen LogP contribution in [0.1, 0.15) is 39.1 Å². The van der Waals surface area contributed by atoms with Crippen LogP contribution in [0.25, 0.3) is 0 Å². The fourth-order valence-corrected chi connectivity index (χ4v) is 3.94. The number of hydrogen-bond donors (Lipinski definition) is 2. The average Bonchev–Trinajstić information content (AvgIpc) is 3.05. The molecule has 6 amide bonds. The van der Waals surface area contributed by atoms with Crippen molar-refractivity contribution in [3.63, 3.8) is 0 Å². The van der Waals surface area contributed by atoms with Crippen molar-refractivity contribution >= 4 is 35.3 Å². The normalized spacial score (nSPS) is 17.5. The number of nitrogens with one attached hydrogen (secondary N) is 2. The van der Waals surface area contributed by atoms with E-state index in [0.29, 0.717) is 17.0 Å². The van der Waals surface area contributed by atoms with Crippen molar-refractivity contribution in [3.05, 3.63) is 59.2 Å². The third kappa shape index (κ3) is 4.14. The Kier molecular flexibility index (Phi) is 5.82. The smallest absolute Gasteiger partial charge is 0.321 e. The van der Waals surface area contributed by atoms with Gasteiger partial charge in [0.1, 0.15) is 11.8 Å². The third-order valence-corrected chi connectivity index (χ3v) is 5.65. The SMILES string of the molecule is COc1ccc(NC(=O)N(C)Cc2cccc3c2C(=O)N(C2CCC(=O)NC2=O)C3=O)cc1. The predicted molar refractivity (Wildman–Crippen MR) is 117 cm³/mol. The number of nitrogens with zero attached hydrogens (tertiary/aromatic N) is 2. The standard InChI is InChI=1S/C23H22N4O6/c1-26(23(32)24-14-6-8-15(33-2)9-7-14)12-13-4-3-5-16-19(13)22(31)27(21(16)30)17-10-11-18(28)25-20(17)29/h3-9,17H,10-12H2,1-2H3,(H,24,32)(H,25,28,29). The van der Waals surface area contributed by atoms with Crippen LogP contribution in [0, 0.1) is 0 Å². The minimum atomic E-state index is -1.04. The van der Waals surface area contributed by atoms with Crippen molar-refractivity contribution < 1.29 is 28.7 Å². The summed E-state index contributed by atoms with van der Waals surface area (Å²) in [6.45, 7) is 0.0629. The van der Waals surface area contributed by atoms with Crippen LogP contribution >= 0.6 is 0 Å². The van der Waals surface area contributed by atoms with Gasteiger partial charge < -0.3 is 15.0 Å². The minimum Gasteiger partial charge on any atom is -0.497 e. The molecule has 2 aromatic carbocycles. The summed E-state index contributed by atoms with van der Waals surface area (Å²) in [6.07, 6.45) is 0.126. The molecule has 0 bridgehead atoms. The van der Waals surface area contributed by atoms with Gasteiger partial charge in [0.15, 0.2) is 0 Å². The van der Waals surface area contributed by atoms with E-state index in [1.165, 1.54) is 11.0 Å². The lowest BCUT2D eigenvalue weighted by molar-refractivity contribution is -0.136. The molecule has 1 unspecified atom stereocenters. The Bertz CT molecular complexity index is 1160. The maximum absolute atomic E-state index is 13.2. The van der Waals surface area contributed by atoms with E-state index in [-0.39, 0.29) is 30.5 Å². The Labute approximate surface area is 189 Å². The van der Waals surface area contributed by atoms with E-state index in [1.807, 2.05) is 0 Å². The van der Waals surface area contributed by atoms with Gasteiger partial charge in [-0.3, -0.25) is 29.4 Å². The van der Waals surface area contributed by atoms with Gasteiger partial charge in [0.05, 0.1) is 18.2 Å². The zero-order chi connectivity index (χ0) is 23.7. The Morgan fingerprint density at radius 3 is 2.52 bits per heavy atom. The van der Waals surface area contributed by atoms with E-state index >= 15 is 0 Å². The summed E-state index contributed by atoms with van der Waals surface area (Å²) in [6, 6.07) is 10.2. The van der Waals surface area contributed by atoms with Crippen molar-refractivity contribution in [2.75, 3.05) is 19.5 Å². The molecule has 1 fully saturated rings. The summed E-state index contributed by atoms with van der Waals surface area (Å²) in [5, 5.41) is 4.93. The number of carbonyl (C=O) groups excluding carboxylic acids is 5. The Hall–Kier alpha value is -4.21. The van der Waals surface area contributed by atoms with Crippen LogP contribution in [0.2, 0.25) is 0 Å². The molecule has 0 spiro atoms. The molecular formula is C23H22N4O6. The lowest BCUT2D eigenvalue weighted by Gasteiger charge is -2.28. The van der Waals surface area contributed by atoms with Crippen LogP contribution in [0.5, 0.6) is 5.75 Å². The molecule has 2 N–H and O–H groups in total. The van der Waals surface area contributed by atoms with Crippen molar-refractivity contribution in [1.82, 2.24) is 15.1 Å². The molecule has 1 atom stereocenters. The molecule has 2 heterocycles. The quantitative estimate of drug-likeness (QED) is 0.669. The van der Waals surface area contributed by atoms with E-state index in [1.54, 1.807) is 50.6 Å². The molecule has 10 nitrogen and oxygen atoms in total. The Morgan fingerprint density at radius 2 is 1.85 bits per heavy atom. The van der Waals surface area contributed by atoms with Gasteiger partial charge in [-0.15, -0.1) is 0 Å². The van der Waals surface area contributed by atoms with Crippen LogP contribution in [-0.2, 0) is 16.1 Å². The van der Waals surface area contributed by atoms with Gasteiger partial charge in [0.25, 0.3) is 11.8 Å². The average molecular weight is 450 g/mol. The number of hydrogen-bond acceptors (Lipinski definition) is 6. The summed E-state index contributed by atoms with van der Waals surface area (Å²) in [5.74, 6) is -1.64. The summed E-state index contributed by atoms with van der Waals surface area (Å²) >= 11 is 0. The molecule has 2 aromatic rings. The lowest BCUT2D eigenvalue weighted by Crippen LogP contribution is -2.54. The second-order valence-corrected chi connectivity index (χ2v) is 7.80. The highest BCUT2D eigenvalue weighted by molar-refractivity contribution is 6.24. The number of urea groups is 1. The molecule has 170 valence electrons. The van der Waals surface area contributed by atoms with Crippen molar-refractivity contribution in [2.24, 2.45) is 0 Å². The van der Waals surface area contributed by atoms with Crippen molar-refractivity contribution in [1.29, 1.82) is 0 Å². The molecular weight excluding hydrogens is 428 g/mol. The first kappa shape index (κ1) is 22.0. The van der Waals surface area contributed by atoms with Gasteiger partial charge in [-0.1, -0.05) is 12.1 Å². The number of carbonyl (C=O) groups is 5. The molecule has 0 radical (unpaired) electrons. The molecule has 10 heteroatoms. The van der Waals surface area contributed by atoms with E-state index in [2.05, 4.69) is 10.6 Å². The second kappa shape index (κ2) is 8.73. The molecule has 2 aliphatic heterocycles. The highest BCUT2D eigenvalue weighted by atomic mass is 16.5. The van der Waals surface area contributed by atoms with Crippen molar-refractivity contribution in [3.8, 4) is 5.75 Å². The van der Waals surface area contributed by atoms with Gasteiger partial charge in [-0.05, 0) is 42.3 Å².